The lowest BCUT2D eigenvalue weighted by molar-refractivity contribution is -0.153. The van der Waals surface area contributed by atoms with Gasteiger partial charge in [-0.15, -0.1) is 0 Å². The van der Waals surface area contributed by atoms with Crippen LogP contribution in [0.15, 0.2) is 36.7 Å². The van der Waals surface area contributed by atoms with Crippen LogP contribution in [0.25, 0.3) is 11.4 Å². The van der Waals surface area contributed by atoms with Crippen molar-refractivity contribution in [3.05, 3.63) is 47.8 Å². The van der Waals surface area contributed by atoms with Gasteiger partial charge in [-0.25, -0.2) is 9.97 Å². The second-order valence-electron chi connectivity index (χ2n) is 12.3. The lowest BCUT2D eigenvalue weighted by Crippen LogP contribution is -2.57. The number of aromatic nitrogens is 2. The van der Waals surface area contributed by atoms with Crippen molar-refractivity contribution in [2.45, 2.75) is 89.5 Å². The number of carbonyl (C=O) groups excluding carboxylic acids is 1. The zero-order valence-corrected chi connectivity index (χ0v) is 23.3. The van der Waals surface area contributed by atoms with E-state index in [1.54, 1.807) is 0 Å². The van der Waals surface area contributed by atoms with E-state index in [1.807, 2.05) is 36.7 Å². The summed E-state index contributed by atoms with van der Waals surface area (Å²) in [6.45, 7) is 2.81. The van der Waals surface area contributed by atoms with Gasteiger partial charge in [-0.1, -0.05) is 56.9 Å². The number of nitrogens with two attached hydrogens (primary N) is 1. The first-order valence-corrected chi connectivity index (χ1v) is 15.1. The Morgan fingerprint density at radius 1 is 0.949 bits per heavy atom. The van der Waals surface area contributed by atoms with Crippen molar-refractivity contribution in [3.63, 3.8) is 0 Å². The lowest BCUT2D eigenvalue weighted by atomic mass is 9.68. The third-order valence-electron chi connectivity index (χ3n) is 9.70. The van der Waals surface area contributed by atoms with Gasteiger partial charge >= 0.3 is 5.97 Å². The summed E-state index contributed by atoms with van der Waals surface area (Å²) in [5.74, 6) is 2.62. The summed E-state index contributed by atoms with van der Waals surface area (Å²) in [6, 6.07) is 7.21. The minimum absolute atomic E-state index is 0.191. The van der Waals surface area contributed by atoms with Gasteiger partial charge in [-0.05, 0) is 79.7 Å². The Kier molecular flexibility index (Phi) is 8.96. The smallest absolute Gasteiger partial charge is 0.310 e. The fourth-order valence-electron chi connectivity index (χ4n) is 7.16. The monoisotopic (exact) mass is 532 g/mol. The van der Waals surface area contributed by atoms with Crippen molar-refractivity contribution in [2.75, 3.05) is 13.1 Å². The molecule has 1 saturated heterocycles. The number of likely N-dealkylation sites (tertiary alicyclic amines) is 1. The summed E-state index contributed by atoms with van der Waals surface area (Å²) in [5.41, 5.74) is 9.29. The Bertz CT molecular complexity index is 1100. The number of carboxylic acids is 1. The van der Waals surface area contributed by atoms with Crippen LogP contribution in [0.4, 0.5) is 0 Å². The Balaban J connectivity index is 1.09. The van der Waals surface area contributed by atoms with E-state index in [1.165, 1.54) is 74.7 Å². The molecule has 2 aliphatic carbocycles. The second-order valence-corrected chi connectivity index (χ2v) is 12.3. The molecule has 0 radical (unpaired) electrons. The van der Waals surface area contributed by atoms with Crippen LogP contribution in [0.1, 0.15) is 88.2 Å². The van der Waals surface area contributed by atoms with E-state index in [0.29, 0.717) is 18.2 Å². The summed E-state index contributed by atoms with van der Waals surface area (Å²) in [6.07, 6.45) is 18.2. The van der Waals surface area contributed by atoms with Crippen molar-refractivity contribution < 1.29 is 14.7 Å². The van der Waals surface area contributed by atoms with E-state index < -0.39 is 17.9 Å². The van der Waals surface area contributed by atoms with Crippen LogP contribution in [0.2, 0.25) is 0 Å². The van der Waals surface area contributed by atoms with Crippen LogP contribution in [-0.2, 0) is 16.0 Å². The molecule has 1 amide bonds. The molecule has 2 aromatic rings. The SMILES string of the molecule is CCCC1CCC(C2CCC(c3cnc(-c4ccc(CC(N)C(=O)N5CC(C(=O)O)C5)cc4)nc3)CC2)CC1. The van der Waals surface area contributed by atoms with E-state index in [0.717, 1.165) is 28.9 Å². The molecule has 1 unspecified atom stereocenters. The van der Waals surface area contributed by atoms with Gasteiger partial charge in [0.25, 0.3) is 0 Å². The Morgan fingerprint density at radius 3 is 2.10 bits per heavy atom. The highest BCUT2D eigenvalue weighted by Gasteiger charge is 2.37. The van der Waals surface area contributed by atoms with Gasteiger partial charge in [0, 0.05) is 31.0 Å². The predicted molar refractivity (Wildman–Crippen MR) is 152 cm³/mol. The van der Waals surface area contributed by atoms with Gasteiger partial charge in [-0.2, -0.15) is 0 Å². The number of hydrogen-bond donors (Lipinski definition) is 2. The Hall–Kier alpha value is -2.80. The quantitative estimate of drug-likeness (QED) is 0.445. The first-order chi connectivity index (χ1) is 18.9. The molecule has 2 heterocycles. The van der Waals surface area contributed by atoms with Gasteiger partial charge in [0.05, 0.1) is 12.0 Å². The summed E-state index contributed by atoms with van der Waals surface area (Å²) in [4.78, 5) is 34.4. The number of carboxylic acid groups (broad SMARTS) is 1. The maximum absolute atomic E-state index is 12.5. The zero-order chi connectivity index (χ0) is 27.4. The van der Waals surface area contributed by atoms with Crippen LogP contribution >= 0.6 is 0 Å². The van der Waals surface area contributed by atoms with Crippen molar-refractivity contribution >= 4 is 11.9 Å². The number of benzene rings is 1. The number of rotatable bonds is 9. The van der Waals surface area contributed by atoms with Gasteiger partial charge in [-0.3, -0.25) is 9.59 Å². The van der Waals surface area contributed by atoms with Crippen LogP contribution in [-0.4, -0.2) is 51.0 Å². The average Bonchev–Trinajstić information content (AvgIpc) is 2.93. The highest BCUT2D eigenvalue weighted by molar-refractivity contribution is 5.85. The summed E-state index contributed by atoms with van der Waals surface area (Å²) in [5, 5.41) is 9.00. The molecule has 1 atom stereocenters. The minimum atomic E-state index is -0.860. The maximum atomic E-state index is 12.5. The van der Waals surface area contributed by atoms with E-state index in [2.05, 4.69) is 6.92 Å². The van der Waals surface area contributed by atoms with Crippen molar-refractivity contribution in [3.8, 4) is 11.4 Å². The number of amides is 1. The number of nitrogens with zero attached hydrogens (tertiary/aromatic N) is 3. The lowest BCUT2D eigenvalue weighted by Gasteiger charge is -2.38. The normalized spacial score (nSPS) is 26.6. The molecule has 3 aliphatic rings. The first-order valence-electron chi connectivity index (χ1n) is 15.1. The van der Waals surface area contributed by atoms with Crippen LogP contribution in [0.3, 0.4) is 0 Å². The van der Waals surface area contributed by atoms with E-state index in [4.69, 9.17) is 20.8 Å². The maximum Gasteiger partial charge on any atom is 0.310 e. The molecule has 7 nitrogen and oxygen atoms in total. The number of hydrogen-bond acceptors (Lipinski definition) is 5. The fraction of sp³-hybridized carbons (Fsp3) is 0.625. The summed E-state index contributed by atoms with van der Waals surface area (Å²) in [7, 11) is 0. The molecule has 0 bridgehead atoms. The molecular weight excluding hydrogens is 488 g/mol. The molecule has 3 N–H and O–H groups in total. The average molecular weight is 533 g/mol. The third-order valence-corrected chi connectivity index (χ3v) is 9.70. The second kappa shape index (κ2) is 12.6. The molecule has 210 valence electrons. The van der Waals surface area contributed by atoms with Crippen LogP contribution in [0.5, 0.6) is 0 Å². The molecule has 1 aromatic heterocycles. The van der Waals surface area contributed by atoms with Crippen molar-refractivity contribution in [1.82, 2.24) is 14.9 Å². The molecule has 39 heavy (non-hydrogen) atoms. The van der Waals surface area contributed by atoms with Crippen molar-refractivity contribution in [1.29, 1.82) is 0 Å². The van der Waals surface area contributed by atoms with E-state index in [9.17, 15) is 9.59 Å². The molecule has 1 aromatic carbocycles. The Labute approximate surface area is 232 Å². The molecule has 3 fully saturated rings. The largest absolute Gasteiger partial charge is 0.481 e. The van der Waals surface area contributed by atoms with E-state index >= 15 is 0 Å². The predicted octanol–water partition coefficient (Wildman–Crippen LogP) is 5.44. The summed E-state index contributed by atoms with van der Waals surface area (Å²) < 4.78 is 0. The van der Waals surface area contributed by atoms with Gasteiger partial charge in [0.2, 0.25) is 5.91 Å². The molecule has 5 rings (SSSR count). The fourth-order valence-corrected chi connectivity index (χ4v) is 7.16. The molecule has 1 aliphatic heterocycles. The Morgan fingerprint density at radius 2 is 1.54 bits per heavy atom. The van der Waals surface area contributed by atoms with Gasteiger partial charge in [0.1, 0.15) is 0 Å². The van der Waals surface area contributed by atoms with Crippen LogP contribution < -0.4 is 5.73 Å². The standard InChI is InChI=1S/C32H44N4O3/c1-2-3-21-4-8-23(9-5-21)24-12-14-25(15-13-24)27-17-34-30(35-18-27)26-10-6-22(7-11-26)16-29(33)31(37)36-19-28(20-36)32(38)39/h6-7,10-11,17-18,21,23-25,28-29H,2-5,8-9,12-16,19-20,33H2,1H3,(H,38,39). The highest BCUT2D eigenvalue weighted by Crippen LogP contribution is 2.44. The zero-order valence-electron chi connectivity index (χ0n) is 23.3. The van der Waals surface area contributed by atoms with E-state index in [-0.39, 0.29) is 19.0 Å². The minimum Gasteiger partial charge on any atom is -0.481 e. The topological polar surface area (TPSA) is 109 Å². The molecule has 2 saturated carbocycles. The van der Waals surface area contributed by atoms with Crippen LogP contribution in [0, 0.1) is 23.7 Å². The van der Waals surface area contributed by atoms with Crippen molar-refractivity contribution in [2.24, 2.45) is 29.4 Å². The van der Waals surface area contributed by atoms with Gasteiger partial charge in [0.15, 0.2) is 5.82 Å². The molecular formula is C32H44N4O3. The highest BCUT2D eigenvalue weighted by atomic mass is 16.4. The van der Waals surface area contributed by atoms with Gasteiger partial charge < -0.3 is 15.7 Å². The number of carbonyl (C=O) groups is 2. The summed E-state index contributed by atoms with van der Waals surface area (Å²) >= 11 is 0. The molecule has 7 heteroatoms. The first kappa shape index (κ1) is 27.8. The molecule has 0 spiro atoms. The number of aliphatic carboxylic acids is 1. The third kappa shape index (κ3) is 6.68.